The van der Waals surface area contributed by atoms with Crippen molar-refractivity contribution in [3.8, 4) is 5.75 Å². The molecule has 238 valence electrons. The van der Waals surface area contributed by atoms with Crippen LogP contribution in [-0.4, -0.2) is 29.1 Å². The molecule has 0 aromatic heterocycles. The molecular weight excluding hydrogens is 622 g/mol. The second-order valence-electron chi connectivity index (χ2n) is 9.61. The highest BCUT2D eigenvalue weighted by Crippen LogP contribution is 2.24. The molecule has 0 spiro atoms. The summed E-state index contributed by atoms with van der Waals surface area (Å²) in [6, 6.07) is 19.4. The lowest BCUT2D eigenvalue weighted by Gasteiger charge is -2.20. The Bertz CT molecular complexity index is 1370. The van der Waals surface area contributed by atoms with Crippen molar-refractivity contribution in [1.82, 2.24) is 10.6 Å². The van der Waals surface area contributed by atoms with Crippen molar-refractivity contribution >= 4 is 41.0 Å². The van der Waals surface area contributed by atoms with Gasteiger partial charge in [-0.3, -0.25) is 9.59 Å². The number of unbranched alkanes of at least 4 members (excludes halogenated alkanes) is 2. The standard InChI is InChI=1S/C29H33Cl2N3O3.C2HF3O2/c1-2-3-4-5-27(35)34-28(29(36)33-18-21-8-6-20(17-32)7-9-21)23-11-13-24(14-12-23)37-19-22-10-15-25(30)26(31)16-22;3-2(4,5)1(6)7/h6-16,28H,2-5,17-19,32H2,1H3,(H,33,36)(H,34,35);(H,6,7)/t28-;/m1./s1. The predicted octanol–water partition coefficient (Wildman–Crippen LogP) is 6.72. The van der Waals surface area contributed by atoms with Crippen LogP contribution in [-0.2, 0) is 34.1 Å². The topological polar surface area (TPSA) is 131 Å². The van der Waals surface area contributed by atoms with Gasteiger partial charge in [0.2, 0.25) is 11.8 Å². The van der Waals surface area contributed by atoms with Crippen LogP contribution in [0.5, 0.6) is 5.75 Å². The highest BCUT2D eigenvalue weighted by molar-refractivity contribution is 6.42. The predicted molar refractivity (Wildman–Crippen MR) is 162 cm³/mol. The number of nitrogens with one attached hydrogen (secondary N) is 2. The molecule has 3 aromatic carbocycles. The molecule has 0 fully saturated rings. The van der Waals surface area contributed by atoms with Gasteiger partial charge in [0, 0.05) is 19.5 Å². The number of alkyl halides is 3. The van der Waals surface area contributed by atoms with Crippen LogP contribution in [0.2, 0.25) is 10.0 Å². The van der Waals surface area contributed by atoms with Crippen molar-refractivity contribution in [2.45, 2.75) is 64.5 Å². The summed E-state index contributed by atoms with van der Waals surface area (Å²) in [5.74, 6) is -2.56. The highest BCUT2D eigenvalue weighted by Gasteiger charge is 2.38. The van der Waals surface area contributed by atoms with E-state index in [-0.39, 0.29) is 11.8 Å². The van der Waals surface area contributed by atoms with E-state index < -0.39 is 18.2 Å². The van der Waals surface area contributed by atoms with Crippen molar-refractivity contribution in [3.63, 3.8) is 0 Å². The number of carboxylic acid groups (broad SMARTS) is 1. The van der Waals surface area contributed by atoms with E-state index in [1.165, 1.54) is 0 Å². The summed E-state index contributed by atoms with van der Waals surface area (Å²) in [5, 5.41) is 13.9. The second-order valence-corrected chi connectivity index (χ2v) is 10.4. The Balaban J connectivity index is 0.000000860. The fourth-order valence-electron chi connectivity index (χ4n) is 3.71. The molecule has 0 aliphatic rings. The van der Waals surface area contributed by atoms with E-state index in [9.17, 15) is 22.8 Å². The van der Waals surface area contributed by atoms with E-state index in [0.29, 0.717) is 47.5 Å². The molecule has 3 rings (SSSR count). The number of carbonyl (C=O) groups excluding carboxylic acids is 2. The lowest BCUT2D eigenvalue weighted by Crippen LogP contribution is -2.40. The van der Waals surface area contributed by atoms with Gasteiger partial charge in [0.1, 0.15) is 18.4 Å². The molecule has 0 heterocycles. The minimum atomic E-state index is -5.08. The van der Waals surface area contributed by atoms with Crippen molar-refractivity contribution in [1.29, 1.82) is 0 Å². The minimum Gasteiger partial charge on any atom is -0.489 e. The SMILES string of the molecule is CCCCCC(=O)N[C@@H](C(=O)NCc1ccc(CN)cc1)c1ccc(OCc2ccc(Cl)c(Cl)c2)cc1.O=C(O)C(F)(F)F. The number of aliphatic carboxylic acids is 1. The lowest BCUT2D eigenvalue weighted by molar-refractivity contribution is -0.192. The number of hydrogen-bond acceptors (Lipinski definition) is 5. The molecule has 0 saturated heterocycles. The Morgan fingerprint density at radius 2 is 1.50 bits per heavy atom. The van der Waals surface area contributed by atoms with Crippen LogP contribution in [0.15, 0.2) is 66.7 Å². The van der Waals surface area contributed by atoms with Crippen LogP contribution in [0.3, 0.4) is 0 Å². The highest BCUT2D eigenvalue weighted by atomic mass is 35.5. The first-order chi connectivity index (χ1) is 20.8. The lowest BCUT2D eigenvalue weighted by atomic mass is 10.0. The number of amides is 2. The molecule has 3 aromatic rings. The quantitative estimate of drug-likeness (QED) is 0.151. The zero-order valence-corrected chi connectivity index (χ0v) is 25.4. The molecule has 1 atom stereocenters. The van der Waals surface area contributed by atoms with Gasteiger partial charge in [-0.2, -0.15) is 13.2 Å². The van der Waals surface area contributed by atoms with E-state index >= 15 is 0 Å². The van der Waals surface area contributed by atoms with Gasteiger partial charge in [0.05, 0.1) is 10.0 Å². The second kappa shape index (κ2) is 18.1. The van der Waals surface area contributed by atoms with Crippen LogP contribution in [0, 0.1) is 0 Å². The fourth-order valence-corrected chi connectivity index (χ4v) is 4.03. The molecule has 5 N–H and O–H groups in total. The Kier molecular flexibility index (Phi) is 15.0. The van der Waals surface area contributed by atoms with Gasteiger partial charge in [-0.1, -0.05) is 85.4 Å². The first-order valence-corrected chi connectivity index (χ1v) is 14.4. The molecule has 0 saturated carbocycles. The maximum absolute atomic E-state index is 13.2. The first-order valence-electron chi connectivity index (χ1n) is 13.7. The maximum Gasteiger partial charge on any atom is 0.490 e. The summed E-state index contributed by atoms with van der Waals surface area (Å²) >= 11 is 12.0. The summed E-state index contributed by atoms with van der Waals surface area (Å²) < 4.78 is 37.6. The number of carboxylic acids is 1. The smallest absolute Gasteiger partial charge is 0.489 e. The van der Waals surface area contributed by atoms with E-state index in [0.717, 1.165) is 36.0 Å². The molecule has 8 nitrogen and oxygen atoms in total. The van der Waals surface area contributed by atoms with Crippen molar-refractivity contribution < 1.29 is 37.4 Å². The number of halogens is 5. The van der Waals surface area contributed by atoms with Gasteiger partial charge in [-0.05, 0) is 52.9 Å². The number of benzene rings is 3. The van der Waals surface area contributed by atoms with Gasteiger partial charge in [0.15, 0.2) is 0 Å². The monoisotopic (exact) mass is 655 g/mol. The molecular formula is C31H34Cl2F3N3O5. The average molecular weight is 657 g/mol. The summed E-state index contributed by atoms with van der Waals surface area (Å²) in [4.78, 5) is 34.6. The van der Waals surface area contributed by atoms with Crippen LogP contribution in [0.4, 0.5) is 13.2 Å². The van der Waals surface area contributed by atoms with Crippen LogP contribution in [0.25, 0.3) is 0 Å². The summed E-state index contributed by atoms with van der Waals surface area (Å²) in [7, 11) is 0. The van der Waals surface area contributed by atoms with Gasteiger partial charge in [-0.15, -0.1) is 0 Å². The third-order valence-electron chi connectivity index (χ3n) is 6.15. The van der Waals surface area contributed by atoms with E-state index in [1.807, 2.05) is 30.3 Å². The number of hydrogen-bond donors (Lipinski definition) is 4. The number of rotatable bonds is 13. The van der Waals surface area contributed by atoms with Gasteiger partial charge >= 0.3 is 12.1 Å². The zero-order chi connectivity index (χ0) is 32.7. The average Bonchev–Trinajstić information content (AvgIpc) is 3.00. The summed E-state index contributed by atoms with van der Waals surface area (Å²) in [6.07, 6.45) is -1.94. The normalized spacial score (nSPS) is 11.5. The van der Waals surface area contributed by atoms with Crippen molar-refractivity contribution in [3.05, 3.63) is 99.0 Å². The van der Waals surface area contributed by atoms with Crippen molar-refractivity contribution in [2.75, 3.05) is 0 Å². The Hall–Kier alpha value is -3.80. The van der Waals surface area contributed by atoms with Gasteiger partial charge in [0.25, 0.3) is 0 Å². The first kappa shape index (κ1) is 36.4. The molecule has 0 unspecified atom stereocenters. The maximum atomic E-state index is 13.2. The van der Waals surface area contributed by atoms with E-state index in [1.54, 1.807) is 36.4 Å². The van der Waals surface area contributed by atoms with Crippen molar-refractivity contribution in [2.24, 2.45) is 5.73 Å². The molecule has 2 amide bonds. The molecule has 0 radical (unpaired) electrons. The molecule has 0 bridgehead atoms. The molecule has 0 aliphatic carbocycles. The largest absolute Gasteiger partial charge is 0.490 e. The molecule has 44 heavy (non-hydrogen) atoms. The van der Waals surface area contributed by atoms with Gasteiger partial charge in [-0.25, -0.2) is 4.79 Å². The summed E-state index contributed by atoms with van der Waals surface area (Å²) in [5.41, 5.74) is 9.18. The Labute approximate surface area is 263 Å². The molecule has 0 aliphatic heterocycles. The number of nitrogens with two attached hydrogens (primary N) is 1. The Morgan fingerprint density at radius 3 is 2.05 bits per heavy atom. The molecule has 13 heteroatoms. The van der Waals surface area contributed by atoms with Crippen LogP contribution < -0.4 is 21.1 Å². The third-order valence-corrected chi connectivity index (χ3v) is 6.88. The fraction of sp³-hybridized carbons (Fsp3) is 0.323. The number of carbonyl (C=O) groups is 3. The van der Waals surface area contributed by atoms with E-state index in [4.69, 9.17) is 43.6 Å². The van der Waals surface area contributed by atoms with E-state index in [2.05, 4.69) is 17.6 Å². The van der Waals surface area contributed by atoms with Gasteiger partial charge < -0.3 is 26.2 Å². The van der Waals surface area contributed by atoms with Crippen LogP contribution >= 0.6 is 23.2 Å². The zero-order valence-electron chi connectivity index (χ0n) is 23.9. The van der Waals surface area contributed by atoms with Crippen LogP contribution in [0.1, 0.15) is 60.9 Å². The number of ether oxygens (including phenoxy) is 1. The third kappa shape index (κ3) is 12.8. The summed E-state index contributed by atoms with van der Waals surface area (Å²) in [6.45, 7) is 3.21. The Morgan fingerprint density at radius 1 is 0.909 bits per heavy atom. The minimum absolute atomic E-state index is 0.152.